The van der Waals surface area contributed by atoms with E-state index in [2.05, 4.69) is 29.8 Å². The van der Waals surface area contributed by atoms with E-state index < -0.39 is 0 Å². The fourth-order valence-electron chi connectivity index (χ4n) is 0.933. The van der Waals surface area contributed by atoms with Crippen LogP contribution in [0.4, 0.5) is 0 Å². The molecule has 0 radical (unpaired) electrons. The predicted octanol–water partition coefficient (Wildman–Crippen LogP) is 1.96. The molecule has 1 aromatic rings. The third-order valence-corrected chi connectivity index (χ3v) is 5.95. The third kappa shape index (κ3) is 3.56. The van der Waals surface area contributed by atoms with Crippen molar-refractivity contribution in [3.8, 4) is 0 Å². The van der Waals surface area contributed by atoms with Crippen molar-refractivity contribution in [2.45, 2.75) is 18.7 Å². The fourth-order valence-corrected chi connectivity index (χ4v) is 3.33. The van der Waals surface area contributed by atoms with Gasteiger partial charge in [0, 0.05) is 0 Å². The summed E-state index contributed by atoms with van der Waals surface area (Å²) in [7, 11) is 0. The van der Waals surface area contributed by atoms with E-state index in [1.807, 2.05) is 30.3 Å². The molecule has 3 heteroatoms. The van der Waals surface area contributed by atoms with Crippen LogP contribution in [0.15, 0.2) is 30.3 Å². The van der Waals surface area contributed by atoms with Gasteiger partial charge in [-0.1, -0.05) is 0 Å². The molecular formula is C11H13BrOSe. The molecule has 1 aromatic carbocycles. The monoisotopic (exact) mass is 320 g/mol. The van der Waals surface area contributed by atoms with Gasteiger partial charge in [0.25, 0.3) is 0 Å². The van der Waals surface area contributed by atoms with Crippen LogP contribution in [0.3, 0.4) is 0 Å². The number of hydrogen-bond acceptors (Lipinski definition) is 1. The Kier molecular flexibility index (Phi) is 4.86. The predicted molar refractivity (Wildman–Crippen MR) is 64.4 cm³/mol. The molecule has 0 aliphatic rings. The number of alkyl halides is 1. The maximum absolute atomic E-state index is 11.7. The van der Waals surface area contributed by atoms with Crippen LogP contribution in [0.2, 0.25) is 0 Å². The minimum absolute atomic E-state index is 0.00251. The first-order valence-electron chi connectivity index (χ1n) is 4.52. The molecule has 0 spiro atoms. The van der Waals surface area contributed by atoms with Gasteiger partial charge in [-0.05, 0) is 0 Å². The standard InChI is InChI=1S/C11H13BrOSe/c1-8(2)10(12)11(13)14-9-6-4-3-5-7-9/h3-8,10H,1-2H3. The molecular weight excluding hydrogens is 307 g/mol. The minimum atomic E-state index is -0.0559. The van der Waals surface area contributed by atoms with Crippen LogP contribution in [-0.4, -0.2) is 24.5 Å². The van der Waals surface area contributed by atoms with Gasteiger partial charge in [0.2, 0.25) is 0 Å². The summed E-state index contributed by atoms with van der Waals surface area (Å²) in [6.07, 6.45) is 0. The van der Waals surface area contributed by atoms with E-state index in [0.29, 0.717) is 10.6 Å². The van der Waals surface area contributed by atoms with Gasteiger partial charge in [0.05, 0.1) is 0 Å². The van der Waals surface area contributed by atoms with Gasteiger partial charge in [-0.3, -0.25) is 0 Å². The van der Waals surface area contributed by atoms with Crippen molar-refractivity contribution in [1.29, 1.82) is 0 Å². The molecule has 0 amide bonds. The van der Waals surface area contributed by atoms with Gasteiger partial charge in [0.1, 0.15) is 0 Å². The molecule has 14 heavy (non-hydrogen) atoms. The van der Waals surface area contributed by atoms with E-state index in [1.54, 1.807) is 0 Å². The third-order valence-electron chi connectivity index (χ3n) is 1.77. The number of rotatable bonds is 4. The van der Waals surface area contributed by atoms with Crippen molar-refractivity contribution in [2.75, 3.05) is 0 Å². The number of halogens is 1. The van der Waals surface area contributed by atoms with Crippen LogP contribution in [0.25, 0.3) is 0 Å². The molecule has 0 saturated heterocycles. The maximum atomic E-state index is 11.7. The Morgan fingerprint density at radius 1 is 1.29 bits per heavy atom. The second-order valence-electron chi connectivity index (χ2n) is 3.38. The molecule has 0 fully saturated rings. The van der Waals surface area contributed by atoms with E-state index in [-0.39, 0.29) is 19.8 Å². The molecule has 0 N–H and O–H groups in total. The van der Waals surface area contributed by atoms with Crippen molar-refractivity contribution >= 4 is 40.0 Å². The zero-order valence-corrected chi connectivity index (χ0v) is 11.5. The molecule has 76 valence electrons. The van der Waals surface area contributed by atoms with E-state index in [9.17, 15) is 4.79 Å². The molecule has 0 aliphatic carbocycles. The van der Waals surface area contributed by atoms with Gasteiger partial charge in [-0.15, -0.1) is 0 Å². The average Bonchev–Trinajstić information content (AvgIpc) is 2.18. The SMILES string of the molecule is CC(C)C(Br)C(=O)[Se]c1ccccc1. The molecule has 0 heterocycles. The van der Waals surface area contributed by atoms with Crippen LogP contribution < -0.4 is 4.46 Å². The Bertz CT molecular complexity index is 297. The Morgan fingerprint density at radius 2 is 1.86 bits per heavy atom. The van der Waals surface area contributed by atoms with Crippen molar-refractivity contribution in [3.63, 3.8) is 0 Å². The van der Waals surface area contributed by atoms with Crippen LogP contribution >= 0.6 is 15.9 Å². The Hall–Kier alpha value is -0.111. The van der Waals surface area contributed by atoms with E-state index >= 15 is 0 Å². The van der Waals surface area contributed by atoms with Crippen LogP contribution in [-0.2, 0) is 4.79 Å². The Labute approximate surface area is 99.6 Å². The molecule has 1 unspecified atom stereocenters. The van der Waals surface area contributed by atoms with Crippen LogP contribution in [0.5, 0.6) is 0 Å². The van der Waals surface area contributed by atoms with Crippen molar-refractivity contribution in [3.05, 3.63) is 30.3 Å². The first-order chi connectivity index (χ1) is 6.61. The Balaban J connectivity index is 2.58. The second-order valence-corrected chi connectivity index (χ2v) is 6.63. The first-order valence-corrected chi connectivity index (χ1v) is 7.15. The molecule has 0 aromatic heterocycles. The second kappa shape index (κ2) is 5.69. The number of hydrogen-bond donors (Lipinski definition) is 0. The van der Waals surface area contributed by atoms with Crippen molar-refractivity contribution in [1.82, 2.24) is 0 Å². The summed E-state index contributed by atoms with van der Waals surface area (Å²) in [5, 5.41) is 0. The summed E-state index contributed by atoms with van der Waals surface area (Å²) in [5.41, 5.74) is 0. The summed E-state index contributed by atoms with van der Waals surface area (Å²) in [5.74, 6) is 0.369. The average molecular weight is 320 g/mol. The van der Waals surface area contributed by atoms with Gasteiger partial charge < -0.3 is 0 Å². The first kappa shape index (κ1) is 12.0. The molecule has 1 nitrogen and oxygen atoms in total. The normalized spacial score (nSPS) is 12.9. The zero-order valence-electron chi connectivity index (χ0n) is 8.24. The number of carbonyl (C=O) groups is 1. The molecule has 0 bridgehead atoms. The topological polar surface area (TPSA) is 17.1 Å². The summed E-state index contributed by atoms with van der Waals surface area (Å²) in [6, 6.07) is 9.94. The summed E-state index contributed by atoms with van der Waals surface area (Å²) in [6.45, 7) is 4.11. The van der Waals surface area contributed by atoms with Gasteiger partial charge >= 0.3 is 99.7 Å². The summed E-state index contributed by atoms with van der Waals surface area (Å²) >= 11 is 3.38. The molecule has 1 atom stereocenters. The number of benzene rings is 1. The number of carbonyl (C=O) groups excluding carboxylic acids is 1. The molecule has 1 rings (SSSR count). The van der Waals surface area contributed by atoms with Crippen molar-refractivity contribution in [2.24, 2.45) is 5.92 Å². The zero-order chi connectivity index (χ0) is 10.6. The van der Waals surface area contributed by atoms with E-state index in [1.165, 1.54) is 0 Å². The van der Waals surface area contributed by atoms with E-state index in [4.69, 9.17) is 0 Å². The summed E-state index contributed by atoms with van der Waals surface area (Å²) in [4.78, 5) is 11.7. The van der Waals surface area contributed by atoms with Crippen molar-refractivity contribution < 1.29 is 4.79 Å². The van der Waals surface area contributed by atoms with Crippen LogP contribution in [0, 0.1) is 5.92 Å². The van der Waals surface area contributed by atoms with Gasteiger partial charge in [0.15, 0.2) is 0 Å². The fraction of sp³-hybridized carbons (Fsp3) is 0.364. The quantitative estimate of drug-likeness (QED) is 0.612. The van der Waals surface area contributed by atoms with E-state index in [0.717, 1.165) is 4.46 Å². The molecule has 0 saturated carbocycles. The summed E-state index contributed by atoms with van der Waals surface area (Å²) < 4.78 is 1.47. The molecule has 0 aliphatic heterocycles. The van der Waals surface area contributed by atoms with Crippen LogP contribution in [0.1, 0.15) is 13.8 Å². The Morgan fingerprint density at radius 3 is 2.36 bits per heavy atom. The van der Waals surface area contributed by atoms with Gasteiger partial charge in [-0.25, -0.2) is 0 Å². The van der Waals surface area contributed by atoms with Gasteiger partial charge in [-0.2, -0.15) is 0 Å².